The van der Waals surface area contributed by atoms with E-state index in [-0.39, 0.29) is 11.3 Å². The minimum atomic E-state index is -0.827. The van der Waals surface area contributed by atoms with Gasteiger partial charge in [-0.15, -0.1) is 0 Å². The van der Waals surface area contributed by atoms with E-state index in [9.17, 15) is 14.7 Å². The number of aliphatic hydroxyl groups is 1. The first-order chi connectivity index (χ1) is 16.8. The number of likely N-dealkylation sites (tertiary alicyclic amines) is 1. The van der Waals surface area contributed by atoms with Gasteiger partial charge in [0.1, 0.15) is 11.5 Å². The molecule has 2 aromatic rings. The van der Waals surface area contributed by atoms with Gasteiger partial charge >= 0.3 is 0 Å². The zero-order valence-corrected chi connectivity index (χ0v) is 21.2. The Labute approximate surface area is 214 Å². The number of methoxy groups -OCH3 is 1. The monoisotopic (exact) mass is 518 g/mol. The summed E-state index contributed by atoms with van der Waals surface area (Å²) in [7, 11) is 1.56. The van der Waals surface area contributed by atoms with Crippen LogP contribution in [0.4, 0.5) is 0 Å². The van der Waals surface area contributed by atoms with E-state index < -0.39 is 17.7 Å². The molecule has 1 N–H and O–H groups in total. The number of carbonyl (C=O) groups is 2. The van der Waals surface area contributed by atoms with Crippen LogP contribution in [0.5, 0.6) is 5.75 Å². The normalized spacial score (nSPS) is 20.5. The zero-order valence-electron chi connectivity index (χ0n) is 19.7. The van der Waals surface area contributed by atoms with Crippen LogP contribution >= 0.6 is 23.2 Å². The topological polar surface area (TPSA) is 79.3 Å². The van der Waals surface area contributed by atoms with Gasteiger partial charge < -0.3 is 19.5 Å². The molecule has 7 nitrogen and oxygen atoms in total. The summed E-state index contributed by atoms with van der Waals surface area (Å²) in [5, 5.41) is 12.0. The fourth-order valence-electron chi connectivity index (χ4n) is 4.63. The quantitative estimate of drug-likeness (QED) is 0.331. The number of aryl methyl sites for hydroxylation is 1. The Hall–Kier alpha value is -2.58. The predicted molar refractivity (Wildman–Crippen MR) is 135 cm³/mol. The molecule has 2 aliphatic heterocycles. The van der Waals surface area contributed by atoms with E-state index in [2.05, 4.69) is 4.90 Å². The Morgan fingerprint density at radius 2 is 1.86 bits per heavy atom. The Kier molecular flexibility index (Phi) is 8.02. The SMILES string of the molecule is COc1ccc(C(O)=C2C(=O)C(=O)N(CCCN3CCOCC3)C2c2ccc(Cl)cc2Cl)cc1C. The van der Waals surface area contributed by atoms with E-state index in [1.165, 1.54) is 4.90 Å². The van der Waals surface area contributed by atoms with E-state index in [1.54, 1.807) is 43.5 Å². The van der Waals surface area contributed by atoms with Gasteiger partial charge in [-0.25, -0.2) is 0 Å². The van der Waals surface area contributed by atoms with E-state index >= 15 is 0 Å². The molecular weight excluding hydrogens is 491 g/mol. The molecule has 2 fully saturated rings. The summed E-state index contributed by atoms with van der Waals surface area (Å²) in [6.07, 6.45) is 0.663. The van der Waals surface area contributed by atoms with Crippen molar-refractivity contribution < 1.29 is 24.2 Å². The molecule has 1 amide bonds. The number of morpholine rings is 1. The van der Waals surface area contributed by atoms with Crippen molar-refractivity contribution in [3.63, 3.8) is 0 Å². The van der Waals surface area contributed by atoms with Crippen molar-refractivity contribution in [1.82, 2.24) is 9.80 Å². The molecule has 0 bridgehead atoms. The summed E-state index contributed by atoms with van der Waals surface area (Å²) >= 11 is 12.6. The van der Waals surface area contributed by atoms with Crippen LogP contribution in [0.25, 0.3) is 5.76 Å². The summed E-state index contributed by atoms with van der Waals surface area (Å²) in [5.74, 6) is -0.989. The second kappa shape index (κ2) is 11.0. The van der Waals surface area contributed by atoms with Crippen molar-refractivity contribution in [3.05, 3.63) is 68.7 Å². The van der Waals surface area contributed by atoms with E-state index in [4.69, 9.17) is 32.7 Å². The molecule has 0 aliphatic carbocycles. The van der Waals surface area contributed by atoms with Crippen LogP contribution in [0.15, 0.2) is 42.0 Å². The first-order valence-electron chi connectivity index (χ1n) is 11.5. The number of hydrogen-bond donors (Lipinski definition) is 1. The molecule has 0 radical (unpaired) electrons. The molecule has 4 rings (SSSR count). The van der Waals surface area contributed by atoms with Crippen molar-refractivity contribution in [2.45, 2.75) is 19.4 Å². The molecule has 1 unspecified atom stereocenters. The minimum absolute atomic E-state index is 0.00941. The zero-order chi connectivity index (χ0) is 25.1. The van der Waals surface area contributed by atoms with Crippen molar-refractivity contribution in [2.24, 2.45) is 0 Å². The number of ketones is 1. The minimum Gasteiger partial charge on any atom is -0.507 e. The third kappa shape index (κ3) is 5.33. The molecule has 0 saturated carbocycles. The van der Waals surface area contributed by atoms with Gasteiger partial charge in [-0.2, -0.15) is 0 Å². The number of hydrogen-bond acceptors (Lipinski definition) is 6. The van der Waals surface area contributed by atoms with Crippen LogP contribution in [-0.2, 0) is 14.3 Å². The van der Waals surface area contributed by atoms with Crippen molar-refractivity contribution in [2.75, 3.05) is 46.5 Å². The summed E-state index contributed by atoms with van der Waals surface area (Å²) in [5.41, 5.74) is 1.76. The molecule has 2 saturated heterocycles. The highest BCUT2D eigenvalue weighted by molar-refractivity contribution is 6.47. The third-order valence-electron chi connectivity index (χ3n) is 6.44. The van der Waals surface area contributed by atoms with Gasteiger partial charge in [0, 0.05) is 41.8 Å². The van der Waals surface area contributed by atoms with Gasteiger partial charge in [-0.1, -0.05) is 29.3 Å². The maximum absolute atomic E-state index is 13.2. The first-order valence-corrected chi connectivity index (χ1v) is 12.3. The number of nitrogens with zero attached hydrogens (tertiary/aromatic N) is 2. The molecular formula is C26H28Cl2N2O5. The Morgan fingerprint density at radius 3 is 2.51 bits per heavy atom. The van der Waals surface area contributed by atoms with Crippen LogP contribution in [0.3, 0.4) is 0 Å². The van der Waals surface area contributed by atoms with E-state index in [0.717, 1.165) is 25.2 Å². The van der Waals surface area contributed by atoms with E-state index in [0.29, 0.717) is 53.1 Å². The molecule has 1 atom stereocenters. The number of Topliss-reactive ketones (excluding diaryl/α,β-unsaturated/α-hetero) is 1. The lowest BCUT2D eigenvalue weighted by Crippen LogP contribution is -2.39. The Morgan fingerprint density at radius 1 is 1.11 bits per heavy atom. The van der Waals surface area contributed by atoms with Crippen LogP contribution < -0.4 is 4.74 Å². The predicted octanol–water partition coefficient (Wildman–Crippen LogP) is 4.45. The van der Waals surface area contributed by atoms with E-state index in [1.807, 2.05) is 6.92 Å². The first kappa shape index (κ1) is 25.5. The van der Waals surface area contributed by atoms with Gasteiger partial charge in [0.05, 0.1) is 31.9 Å². The van der Waals surface area contributed by atoms with Gasteiger partial charge in [0.25, 0.3) is 11.7 Å². The van der Waals surface area contributed by atoms with Gasteiger partial charge in [-0.05, 0) is 54.8 Å². The average molecular weight is 519 g/mol. The lowest BCUT2D eigenvalue weighted by atomic mass is 9.94. The molecule has 2 heterocycles. The number of carbonyl (C=O) groups excluding carboxylic acids is 2. The molecule has 186 valence electrons. The Bertz CT molecular complexity index is 1160. The van der Waals surface area contributed by atoms with Gasteiger partial charge in [-0.3, -0.25) is 14.5 Å². The summed E-state index contributed by atoms with van der Waals surface area (Å²) in [6, 6.07) is 9.20. The maximum atomic E-state index is 13.2. The number of benzene rings is 2. The van der Waals surface area contributed by atoms with Gasteiger partial charge in [0.2, 0.25) is 0 Å². The summed E-state index contributed by atoms with van der Waals surface area (Å²) in [4.78, 5) is 30.2. The highest BCUT2D eigenvalue weighted by atomic mass is 35.5. The Balaban J connectivity index is 1.72. The van der Waals surface area contributed by atoms with Crippen molar-refractivity contribution in [1.29, 1.82) is 0 Å². The highest BCUT2D eigenvalue weighted by Gasteiger charge is 2.46. The largest absolute Gasteiger partial charge is 0.507 e. The second-order valence-corrected chi connectivity index (χ2v) is 9.49. The molecule has 0 spiro atoms. The lowest BCUT2D eigenvalue weighted by molar-refractivity contribution is -0.140. The standard InChI is InChI=1S/C26H28Cl2N2O5/c1-16-14-17(4-7-21(16)34-2)24(31)22-23(19-6-5-18(27)15-20(19)28)30(26(33)25(22)32)9-3-8-29-10-12-35-13-11-29/h4-7,14-15,23,31H,3,8-13H2,1-2H3. The average Bonchev–Trinajstić information content (AvgIpc) is 3.09. The van der Waals surface area contributed by atoms with Crippen molar-refractivity contribution in [3.8, 4) is 5.75 Å². The smallest absolute Gasteiger partial charge is 0.295 e. The maximum Gasteiger partial charge on any atom is 0.295 e. The highest BCUT2D eigenvalue weighted by Crippen LogP contribution is 2.42. The van der Waals surface area contributed by atoms with Crippen LogP contribution in [0, 0.1) is 6.92 Å². The fraction of sp³-hybridized carbons (Fsp3) is 0.385. The lowest BCUT2D eigenvalue weighted by Gasteiger charge is -2.29. The molecule has 2 aliphatic rings. The van der Waals surface area contributed by atoms with Gasteiger partial charge in [0.15, 0.2) is 0 Å². The van der Waals surface area contributed by atoms with Crippen LogP contribution in [-0.4, -0.2) is 73.1 Å². The number of halogens is 2. The van der Waals surface area contributed by atoms with Crippen LogP contribution in [0.1, 0.15) is 29.2 Å². The second-order valence-electron chi connectivity index (χ2n) is 8.65. The summed E-state index contributed by atoms with van der Waals surface area (Å²) < 4.78 is 10.7. The van der Waals surface area contributed by atoms with Crippen molar-refractivity contribution >= 4 is 40.7 Å². The molecule has 9 heteroatoms. The number of ether oxygens (including phenoxy) is 2. The number of rotatable bonds is 7. The number of amides is 1. The summed E-state index contributed by atoms with van der Waals surface area (Å²) in [6.45, 7) is 5.99. The molecule has 0 aromatic heterocycles. The fourth-order valence-corrected chi connectivity index (χ4v) is 5.14. The molecule has 35 heavy (non-hydrogen) atoms. The third-order valence-corrected chi connectivity index (χ3v) is 7.00. The molecule has 2 aromatic carbocycles. The number of aliphatic hydroxyl groups excluding tert-OH is 1. The van der Waals surface area contributed by atoms with Crippen LogP contribution in [0.2, 0.25) is 10.0 Å².